The fourth-order valence-corrected chi connectivity index (χ4v) is 3.29. The van der Waals surface area contributed by atoms with E-state index in [1.807, 2.05) is 36.9 Å². The summed E-state index contributed by atoms with van der Waals surface area (Å²) in [6, 6.07) is 5.90. The van der Waals surface area contributed by atoms with Crippen molar-refractivity contribution in [2.24, 2.45) is 0 Å². The lowest BCUT2D eigenvalue weighted by Gasteiger charge is -2.35. The van der Waals surface area contributed by atoms with Crippen molar-refractivity contribution in [2.45, 2.75) is 13.8 Å². The maximum atomic E-state index is 12.4. The van der Waals surface area contributed by atoms with Crippen LogP contribution in [0.25, 0.3) is 0 Å². The number of hydrogen-bond donors (Lipinski definition) is 0. The van der Waals surface area contributed by atoms with Gasteiger partial charge in [-0.25, -0.2) is 9.97 Å². The minimum absolute atomic E-state index is 0.145. The Labute approximate surface area is 128 Å². The Morgan fingerprint density at radius 3 is 2.52 bits per heavy atom. The summed E-state index contributed by atoms with van der Waals surface area (Å²) in [5, 5.41) is 0. The summed E-state index contributed by atoms with van der Waals surface area (Å²) >= 11 is 1.56. The SMILES string of the molecule is Cc1cc(N2CCN(C(=O)c3ccc(C)s3)CC2)ncn1. The van der Waals surface area contributed by atoms with E-state index in [1.165, 1.54) is 4.88 Å². The first-order valence-corrected chi connectivity index (χ1v) is 7.84. The van der Waals surface area contributed by atoms with Crippen molar-refractivity contribution in [3.63, 3.8) is 0 Å². The lowest BCUT2D eigenvalue weighted by Crippen LogP contribution is -2.48. The van der Waals surface area contributed by atoms with Gasteiger partial charge in [-0.1, -0.05) is 0 Å². The first-order chi connectivity index (χ1) is 10.1. The molecule has 0 aromatic carbocycles. The first-order valence-electron chi connectivity index (χ1n) is 7.03. The quantitative estimate of drug-likeness (QED) is 0.852. The van der Waals surface area contributed by atoms with Gasteiger partial charge in [0.25, 0.3) is 5.91 Å². The van der Waals surface area contributed by atoms with Crippen LogP contribution in [-0.4, -0.2) is 47.0 Å². The smallest absolute Gasteiger partial charge is 0.264 e. The fraction of sp³-hybridized carbons (Fsp3) is 0.400. The molecule has 0 saturated carbocycles. The molecule has 0 atom stereocenters. The Morgan fingerprint density at radius 2 is 1.90 bits per heavy atom. The molecule has 0 radical (unpaired) electrons. The van der Waals surface area contributed by atoms with E-state index in [4.69, 9.17) is 0 Å². The molecule has 0 unspecified atom stereocenters. The topological polar surface area (TPSA) is 49.3 Å². The summed E-state index contributed by atoms with van der Waals surface area (Å²) in [6.45, 7) is 7.08. The molecule has 1 saturated heterocycles. The van der Waals surface area contributed by atoms with Crippen LogP contribution in [0.3, 0.4) is 0 Å². The highest BCUT2D eigenvalue weighted by molar-refractivity contribution is 7.13. The van der Waals surface area contributed by atoms with E-state index in [2.05, 4.69) is 14.9 Å². The molecule has 1 aliphatic heterocycles. The Morgan fingerprint density at radius 1 is 1.14 bits per heavy atom. The molecule has 0 N–H and O–H groups in total. The van der Waals surface area contributed by atoms with Gasteiger partial charge in [-0.05, 0) is 26.0 Å². The number of thiophene rings is 1. The van der Waals surface area contributed by atoms with Gasteiger partial charge < -0.3 is 9.80 Å². The van der Waals surface area contributed by atoms with Crippen molar-refractivity contribution < 1.29 is 4.79 Å². The second-order valence-corrected chi connectivity index (χ2v) is 6.50. The molecule has 2 aromatic heterocycles. The van der Waals surface area contributed by atoms with Crippen molar-refractivity contribution in [3.8, 4) is 0 Å². The van der Waals surface area contributed by atoms with Gasteiger partial charge in [0.2, 0.25) is 0 Å². The number of carbonyl (C=O) groups excluding carboxylic acids is 1. The zero-order valence-corrected chi connectivity index (χ0v) is 13.1. The first kappa shape index (κ1) is 14.0. The van der Waals surface area contributed by atoms with Gasteiger partial charge in [-0.2, -0.15) is 0 Å². The summed E-state index contributed by atoms with van der Waals surface area (Å²) in [6.07, 6.45) is 1.59. The van der Waals surface area contributed by atoms with Crippen LogP contribution in [0.5, 0.6) is 0 Å². The number of amides is 1. The number of carbonyl (C=O) groups is 1. The number of nitrogens with zero attached hydrogens (tertiary/aromatic N) is 4. The molecule has 110 valence electrons. The van der Waals surface area contributed by atoms with Crippen LogP contribution >= 0.6 is 11.3 Å². The number of anilines is 1. The molecule has 3 rings (SSSR count). The van der Waals surface area contributed by atoms with Gasteiger partial charge in [0.05, 0.1) is 4.88 Å². The third kappa shape index (κ3) is 3.05. The summed E-state index contributed by atoms with van der Waals surface area (Å²) in [7, 11) is 0. The van der Waals surface area contributed by atoms with E-state index in [-0.39, 0.29) is 5.91 Å². The van der Waals surface area contributed by atoms with Crippen LogP contribution in [0.1, 0.15) is 20.2 Å². The minimum Gasteiger partial charge on any atom is -0.353 e. The van der Waals surface area contributed by atoms with Crippen LogP contribution in [0.15, 0.2) is 24.5 Å². The number of hydrogen-bond acceptors (Lipinski definition) is 5. The summed E-state index contributed by atoms with van der Waals surface area (Å²) in [5.41, 5.74) is 0.965. The molecule has 1 aliphatic rings. The predicted octanol–water partition coefficient (Wildman–Crippen LogP) is 2.12. The molecule has 0 aliphatic carbocycles. The second kappa shape index (κ2) is 5.81. The lowest BCUT2D eigenvalue weighted by molar-refractivity contribution is 0.0751. The molecule has 1 fully saturated rings. The lowest BCUT2D eigenvalue weighted by atomic mass is 10.2. The number of aromatic nitrogens is 2. The average molecular weight is 302 g/mol. The monoisotopic (exact) mass is 302 g/mol. The second-order valence-electron chi connectivity index (χ2n) is 5.21. The predicted molar refractivity (Wildman–Crippen MR) is 83.9 cm³/mol. The van der Waals surface area contributed by atoms with Crippen LogP contribution in [-0.2, 0) is 0 Å². The Bertz CT molecular complexity index is 647. The maximum absolute atomic E-state index is 12.4. The molecular weight excluding hydrogens is 284 g/mol. The largest absolute Gasteiger partial charge is 0.353 e. The van der Waals surface area contributed by atoms with Crippen molar-refractivity contribution in [3.05, 3.63) is 40.0 Å². The van der Waals surface area contributed by atoms with Gasteiger partial charge >= 0.3 is 0 Å². The van der Waals surface area contributed by atoms with Crippen molar-refractivity contribution >= 4 is 23.1 Å². The van der Waals surface area contributed by atoms with Gasteiger partial charge in [0.15, 0.2) is 0 Å². The van der Waals surface area contributed by atoms with Gasteiger partial charge in [-0.15, -0.1) is 11.3 Å². The summed E-state index contributed by atoms with van der Waals surface area (Å²) < 4.78 is 0. The molecule has 1 amide bonds. The molecule has 6 heteroatoms. The molecule has 0 spiro atoms. The van der Waals surface area contributed by atoms with E-state index in [0.717, 1.165) is 42.6 Å². The minimum atomic E-state index is 0.145. The van der Waals surface area contributed by atoms with Crippen LogP contribution in [0.2, 0.25) is 0 Å². The number of rotatable bonds is 2. The summed E-state index contributed by atoms with van der Waals surface area (Å²) in [4.78, 5) is 27.0. The Kier molecular flexibility index (Phi) is 3.88. The van der Waals surface area contributed by atoms with Gasteiger partial charge in [0, 0.05) is 42.8 Å². The van der Waals surface area contributed by atoms with E-state index in [9.17, 15) is 4.79 Å². The van der Waals surface area contributed by atoms with E-state index >= 15 is 0 Å². The van der Waals surface area contributed by atoms with Crippen LogP contribution in [0.4, 0.5) is 5.82 Å². The van der Waals surface area contributed by atoms with Gasteiger partial charge in [-0.3, -0.25) is 4.79 Å². The summed E-state index contributed by atoms with van der Waals surface area (Å²) in [5.74, 6) is 1.09. The molecule has 2 aromatic rings. The highest BCUT2D eigenvalue weighted by Crippen LogP contribution is 2.19. The highest BCUT2D eigenvalue weighted by Gasteiger charge is 2.23. The van der Waals surface area contributed by atoms with Crippen LogP contribution in [0, 0.1) is 13.8 Å². The van der Waals surface area contributed by atoms with Crippen LogP contribution < -0.4 is 4.90 Å². The van der Waals surface area contributed by atoms with E-state index < -0.39 is 0 Å². The third-order valence-corrected chi connectivity index (χ3v) is 4.62. The van der Waals surface area contributed by atoms with Crippen molar-refractivity contribution in [1.82, 2.24) is 14.9 Å². The Balaban J connectivity index is 1.64. The molecule has 5 nitrogen and oxygen atoms in total. The molecule has 0 bridgehead atoms. The zero-order valence-electron chi connectivity index (χ0n) is 12.2. The normalized spacial score (nSPS) is 15.3. The third-order valence-electron chi connectivity index (χ3n) is 3.63. The fourth-order valence-electron chi connectivity index (χ4n) is 2.46. The van der Waals surface area contributed by atoms with E-state index in [1.54, 1.807) is 17.7 Å². The number of piperazine rings is 1. The van der Waals surface area contributed by atoms with Crippen molar-refractivity contribution in [2.75, 3.05) is 31.1 Å². The van der Waals surface area contributed by atoms with Crippen molar-refractivity contribution in [1.29, 1.82) is 0 Å². The maximum Gasteiger partial charge on any atom is 0.264 e. The average Bonchev–Trinajstić information content (AvgIpc) is 2.93. The Hall–Kier alpha value is -1.95. The van der Waals surface area contributed by atoms with E-state index in [0.29, 0.717) is 0 Å². The zero-order chi connectivity index (χ0) is 14.8. The van der Waals surface area contributed by atoms with Gasteiger partial charge in [0.1, 0.15) is 12.1 Å². The standard InChI is InChI=1S/C15H18N4OS/c1-11-9-14(17-10-16-11)18-5-7-19(8-6-18)15(20)13-4-3-12(2)21-13/h3-4,9-10H,5-8H2,1-2H3. The molecule has 3 heterocycles. The highest BCUT2D eigenvalue weighted by atomic mass is 32.1. The molecular formula is C15H18N4OS. The number of aryl methyl sites for hydroxylation is 2. The molecule has 21 heavy (non-hydrogen) atoms.